The van der Waals surface area contributed by atoms with Gasteiger partial charge in [0.1, 0.15) is 12.1 Å². The van der Waals surface area contributed by atoms with Gasteiger partial charge >= 0.3 is 6.03 Å². The summed E-state index contributed by atoms with van der Waals surface area (Å²) in [5, 5.41) is 8.43. The van der Waals surface area contributed by atoms with E-state index in [1.807, 2.05) is 0 Å². The molecule has 1 spiro atoms. The average molecular weight is 412 g/mol. The van der Waals surface area contributed by atoms with Gasteiger partial charge in [-0.1, -0.05) is 19.4 Å². The second-order valence-electron chi connectivity index (χ2n) is 8.63. The normalized spacial score (nSPS) is 25.9. The molecule has 5 amide bonds. The predicted octanol–water partition coefficient (Wildman–Crippen LogP) is 2.41. The minimum atomic E-state index is -0.857. The Hall–Kier alpha value is -2.90. The van der Waals surface area contributed by atoms with E-state index in [9.17, 15) is 19.2 Å². The Kier molecular flexibility index (Phi) is 5.49. The van der Waals surface area contributed by atoms with Crippen molar-refractivity contribution in [3.63, 3.8) is 0 Å². The molecular formula is C22H28N4O4. The van der Waals surface area contributed by atoms with E-state index in [1.54, 1.807) is 24.3 Å². The van der Waals surface area contributed by atoms with E-state index in [1.165, 1.54) is 0 Å². The molecule has 4 rings (SSSR count). The smallest absolute Gasteiger partial charge is 0.325 e. The van der Waals surface area contributed by atoms with Gasteiger partial charge in [-0.25, -0.2) is 4.79 Å². The van der Waals surface area contributed by atoms with Crippen molar-refractivity contribution in [3.05, 3.63) is 29.8 Å². The lowest BCUT2D eigenvalue weighted by Gasteiger charge is -2.34. The van der Waals surface area contributed by atoms with Gasteiger partial charge in [0.15, 0.2) is 0 Å². The summed E-state index contributed by atoms with van der Waals surface area (Å²) in [6, 6.07) is 6.37. The number of amides is 5. The Labute approximate surface area is 175 Å². The van der Waals surface area contributed by atoms with E-state index in [0.29, 0.717) is 30.0 Å². The lowest BCUT2D eigenvalue weighted by Crippen LogP contribution is -2.49. The third kappa shape index (κ3) is 4.17. The number of anilines is 1. The van der Waals surface area contributed by atoms with Gasteiger partial charge < -0.3 is 16.0 Å². The second kappa shape index (κ2) is 8.08. The first-order valence-electron chi connectivity index (χ1n) is 10.7. The summed E-state index contributed by atoms with van der Waals surface area (Å²) in [4.78, 5) is 51.0. The number of carbonyl (C=O) groups is 4. The van der Waals surface area contributed by atoms with Crippen molar-refractivity contribution >= 4 is 29.4 Å². The number of hydrogen-bond acceptors (Lipinski definition) is 4. The number of imide groups is 1. The molecule has 1 aromatic rings. The van der Waals surface area contributed by atoms with Crippen LogP contribution in [0.15, 0.2) is 24.3 Å². The molecule has 1 aliphatic heterocycles. The fourth-order valence-corrected chi connectivity index (χ4v) is 4.32. The number of hydrogen-bond donors (Lipinski definition) is 3. The zero-order chi connectivity index (χ0) is 21.3. The van der Waals surface area contributed by atoms with Crippen LogP contribution in [0.25, 0.3) is 0 Å². The number of carbonyl (C=O) groups excluding carboxylic acids is 4. The van der Waals surface area contributed by atoms with Crippen molar-refractivity contribution in [1.82, 2.24) is 15.5 Å². The molecule has 1 aromatic carbocycles. The van der Waals surface area contributed by atoms with E-state index < -0.39 is 17.5 Å². The fraction of sp³-hybridized carbons (Fsp3) is 0.545. The van der Waals surface area contributed by atoms with Crippen LogP contribution in [0.3, 0.4) is 0 Å². The average Bonchev–Trinajstić information content (AvgIpc) is 3.52. The van der Waals surface area contributed by atoms with Crippen LogP contribution in [0.5, 0.6) is 0 Å². The first-order valence-corrected chi connectivity index (χ1v) is 10.7. The standard InChI is InChI=1S/C22H28N4O4/c1-2-14-8-10-22(11-9-14)20(29)26(21(30)25-22)13-18(27)23-17-5-3-4-15(12-17)19(28)24-16-6-7-16/h3-5,12,14,16H,2,6-11,13H2,1H3,(H,23,27)(H,24,28)(H,25,30). The maximum Gasteiger partial charge on any atom is 0.325 e. The van der Waals surface area contributed by atoms with Crippen molar-refractivity contribution in [2.24, 2.45) is 5.92 Å². The maximum absolute atomic E-state index is 12.9. The van der Waals surface area contributed by atoms with Gasteiger partial charge in [0, 0.05) is 17.3 Å². The third-order valence-electron chi connectivity index (χ3n) is 6.40. The molecule has 30 heavy (non-hydrogen) atoms. The van der Waals surface area contributed by atoms with Crippen LogP contribution in [0.1, 0.15) is 62.2 Å². The number of nitrogens with one attached hydrogen (secondary N) is 3. The monoisotopic (exact) mass is 412 g/mol. The Bertz CT molecular complexity index is 872. The van der Waals surface area contributed by atoms with Crippen LogP contribution in [-0.2, 0) is 9.59 Å². The summed E-state index contributed by atoms with van der Waals surface area (Å²) in [6.07, 6.45) is 6.10. The van der Waals surface area contributed by atoms with Crippen LogP contribution in [0.2, 0.25) is 0 Å². The molecule has 0 radical (unpaired) electrons. The zero-order valence-electron chi connectivity index (χ0n) is 17.2. The molecule has 0 unspecified atom stereocenters. The van der Waals surface area contributed by atoms with E-state index >= 15 is 0 Å². The van der Waals surface area contributed by atoms with Crippen LogP contribution < -0.4 is 16.0 Å². The molecule has 0 atom stereocenters. The highest BCUT2D eigenvalue weighted by Crippen LogP contribution is 2.37. The quantitative estimate of drug-likeness (QED) is 0.624. The first kappa shape index (κ1) is 20.4. The highest BCUT2D eigenvalue weighted by molar-refractivity contribution is 6.10. The Morgan fingerprint density at radius 3 is 2.57 bits per heavy atom. The lowest BCUT2D eigenvalue weighted by molar-refractivity contribution is -0.135. The molecule has 3 N–H and O–H groups in total. The minimum absolute atomic E-state index is 0.174. The topological polar surface area (TPSA) is 108 Å². The molecule has 2 saturated carbocycles. The molecule has 3 aliphatic rings. The SMILES string of the molecule is CCC1CCC2(CC1)NC(=O)N(CC(=O)Nc1cccc(C(=O)NC3CC3)c1)C2=O. The van der Waals surface area contributed by atoms with Gasteiger partial charge in [-0.05, 0) is 62.6 Å². The summed E-state index contributed by atoms with van der Waals surface area (Å²) >= 11 is 0. The van der Waals surface area contributed by atoms with Gasteiger partial charge in [0.25, 0.3) is 11.8 Å². The van der Waals surface area contributed by atoms with E-state index in [-0.39, 0.29) is 24.4 Å². The molecule has 0 aromatic heterocycles. The predicted molar refractivity (Wildman–Crippen MR) is 111 cm³/mol. The van der Waals surface area contributed by atoms with Gasteiger partial charge in [0.2, 0.25) is 5.91 Å². The molecule has 2 aliphatic carbocycles. The van der Waals surface area contributed by atoms with Gasteiger partial charge in [-0.2, -0.15) is 0 Å². The summed E-state index contributed by atoms with van der Waals surface area (Å²) in [5.41, 5.74) is 0.0547. The number of rotatable bonds is 6. The lowest BCUT2D eigenvalue weighted by atomic mass is 9.75. The minimum Gasteiger partial charge on any atom is -0.349 e. The zero-order valence-corrected chi connectivity index (χ0v) is 17.2. The van der Waals surface area contributed by atoms with Crippen molar-refractivity contribution < 1.29 is 19.2 Å². The van der Waals surface area contributed by atoms with E-state index in [0.717, 1.165) is 37.0 Å². The Balaban J connectivity index is 1.36. The second-order valence-corrected chi connectivity index (χ2v) is 8.63. The molecule has 160 valence electrons. The van der Waals surface area contributed by atoms with Crippen LogP contribution in [0, 0.1) is 5.92 Å². The highest BCUT2D eigenvalue weighted by Gasteiger charge is 2.52. The molecule has 8 nitrogen and oxygen atoms in total. The number of nitrogens with zero attached hydrogens (tertiary/aromatic N) is 1. The number of urea groups is 1. The van der Waals surface area contributed by atoms with Crippen molar-refractivity contribution in [2.45, 2.75) is 63.5 Å². The number of benzene rings is 1. The van der Waals surface area contributed by atoms with Gasteiger partial charge in [-0.15, -0.1) is 0 Å². The summed E-state index contributed by atoms with van der Waals surface area (Å²) in [6.45, 7) is 1.79. The largest absolute Gasteiger partial charge is 0.349 e. The van der Waals surface area contributed by atoms with Gasteiger partial charge in [-0.3, -0.25) is 19.3 Å². The molecular weight excluding hydrogens is 384 g/mol. The fourth-order valence-electron chi connectivity index (χ4n) is 4.32. The van der Waals surface area contributed by atoms with E-state index in [2.05, 4.69) is 22.9 Å². The highest BCUT2D eigenvalue weighted by atomic mass is 16.2. The van der Waals surface area contributed by atoms with Crippen molar-refractivity contribution in [3.8, 4) is 0 Å². The maximum atomic E-state index is 12.9. The van der Waals surface area contributed by atoms with Crippen LogP contribution in [-0.4, -0.2) is 46.8 Å². The first-order chi connectivity index (χ1) is 14.4. The van der Waals surface area contributed by atoms with E-state index in [4.69, 9.17) is 0 Å². The van der Waals surface area contributed by atoms with Crippen molar-refractivity contribution in [2.75, 3.05) is 11.9 Å². The van der Waals surface area contributed by atoms with Crippen molar-refractivity contribution in [1.29, 1.82) is 0 Å². The molecule has 1 heterocycles. The molecule has 8 heteroatoms. The van der Waals surface area contributed by atoms with Gasteiger partial charge in [0.05, 0.1) is 0 Å². The van der Waals surface area contributed by atoms with Crippen LogP contribution >= 0.6 is 0 Å². The summed E-state index contributed by atoms with van der Waals surface area (Å²) in [7, 11) is 0. The molecule has 0 bridgehead atoms. The van der Waals surface area contributed by atoms with Crippen LogP contribution in [0.4, 0.5) is 10.5 Å². The molecule has 1 saturated heterocycles. The Morgan fingerprint density at radius 1 is 1.17 bits per heavy atom. The summed E-state index contributed by atoms with van der Waals surface area (Å²) in [5.74, 6) is -0.373. The molecule has 3 fully saturated rings. The summed E-state index contributed by atoms with van der Waals surface area (Å²) < 4.78 is 0. The Morgan fingerprint density at radius 2 is 1.90 bits per heavy atom. The third-order valence-corrected chi connectivity index (χ3v) is 6.40.